The van der Waals surface area contributed by atoms with E-state index in [4.69, 9.17) is 9.47 Å². The van der Waals surface area contributed by atoms with Gasteiger partial charge in [-0.25, -0.2) is 8.78 Å². The van der Waals surface area contributed by atoms with Gasteiger partial charge in [0.2, 0.25) is 5.91 Å². The molecule has 5 rings (SSSR count). The summed E-state index contributed by atoms with van der Waals surface area (Å²) in [7, 11) is 0. The summed E-state index contributed by atoms with van der Waals surface area (Å²) >= 11 is 0. The molecular formula is C37H40F5N3O5. The normalized spacial score (nSPS) is 20.2. The van der Waals surface area contributed by atoms with Crippen molar-refractivity contribution >= 4 is 11.9 Å². The molecule has 1 aromatic heterocycles. The summed E-state index contributed by atoms with van der Waals surface area (Å²) in [6, 6.07) is 6.15. The highest BCUT2D eigenvalue weighted by atomic mass is 19.4. The maximum Gasteiger partial charge on any atom is 0.416 e. The fourth-order valence-corrected chi connectivity index (χ4v) is 6.36. The summed E-state index contributed by atoms with van der Waals surface area (Å²) in [4.78, 5) is 42.1. The SMILES string of the molecule is CCOC(=O)C[C@@H]1NC(=O)[C@@H](n2cc(CCN3CC(F)C3)c(C(F)(F)F)cc2=O)/C=C/C(C)(C)Oc2cccc(C)c2-c2cc(C)c(F)c1c2. The van der Waals surface area contributed by atoms with Gasteiger partial charge < -0.3 is 14.8 Å². The van der Waals surface area contributed by atoms with Gasteiger partial charge in [0.15, 0.2) is 0 Å². The Morgan fingerprint density at radius 1 is 1.10 bits per heavy atom. The van der Waals surface area contributed by atoms with Gasteiger partial charge in [0, 0.05) is 43.0 Å². The number of fused-ring (bicyclic) bond motifs is 4. The van der Waals surface area contributed by atoms with Crippen LogP contribution < -0.4 is 15.6 Å². The zero-order chi connectivity index (χ0) is 36.5. The number of alkyl halides is 4. The molecule has 2 atom stereocenters. The molecule has 13 heteroatoms. The molecule has 8 nitrogen and oxygen atoms in total. The molecule has 1 fully saturated rings. The second-order valence-corrected chi connectivity index (χ2v) is 13.3. The fraction of sp³-hybridized carbons (Fsp3) is 0.432. The number of aryl methyl sites for hydroxylation is 2. The summed E-state index contributed by atoms with van der Waals surface area (Å²) in [5.41, 5.74) is -1.44. The average Bonchev–Trinajstić information content (AvgIpc) is 3.00. The van der Waals surface area contributed by atoms with E-state index in [9.17, 15) is 31.9 Å². The number of hydrogen-bond acceptors (Lipinski definition) is 6. The van der Waals surface area contributed by atoms with Crippen LogP contribution in [-0.4, -0.2) is 59.4 Å². The van der Waals surface area contributed by atoms with Gasteiger partial charge in [0.25, 0.3) is 5.56 Å². The Bertz CT molecular complexity index is 1860. The van der Waals surface area contributed by atoms with E-state index in [0.717, 1.165) is 16.3 Å². The standard InChI is InChI=1S/C37H40F5N3O5/c1-6-49-32(47)17-28-26-15-24(14-22(3)34(26)39)33-21(2)8-7-9-30(33)50-36(4,5)12-10-29(35(48)43-28)45-18-23(11-13-44-19-25(38)20-44)27(16-31(45)46)37(40,41)42/h7-10,12,14-16,18,25,28-29H,6,11,13,17,19-20H2,1-5H3,(H,43,48)/b12-10+/t28-,29-/m0/s1. The van der Waals surface area contributed by atoms with Crippen LogP contribution >= 0.6 is 0 Å². The van der Waals surface area contributed by atoms with Crippen LogP contribution in [-0.2, 0) is 26.9 Å². The van der Waals surface area contributed by atoms with E-state index in [1.807, 2.05) is 13.0 Å². The maximum absolute atomic E-state index is 16.0. The third-order valence-electron chi connectivity index (χ3n) is 8.87. The van der Waals surface area contributed by atoms with Gasteiger partial charge >= 0.3 is 12.1 Å². The number of nitrogens with zero attached hydrogens (tertiary/aromatic N) is 2. The third kappa shape index (κ3) is 8.09. The summed E-state index contributed by atoms with van der Waals surface area (Å²) in [5.74, 6) is -1.87. The fourth-order valence-electron chi connectivity index (χ4n) is 6.36. The highest BCUT2D eigenvalue weighted by Gasteiger charge is 2.37. The number of likely N-dealkylation sites (tertiary alicyclic amines) is 1. The number of esters is 1. The Labute approximate surface area is 286 Å². The van der Waals surface area contributed by atoms with Crippen molar-refractivity contribution in [1.82, 2.24) is 14.8 Å². The van der Waals surface area contributed by atoms with Crippen molar-refractivity contribution in [1.29, 1.82) is 0 Å². The Balaban J connectivity index is 1.69. The van der Waals surface area contributed by atoms with Crippen molar-refractivity contribution in [2.24, 2.45) is 0 Å². The maximum atomic E-state index is 16.0. The number of pyridine rings is 1. The summed E-state index contributed by atoms with van der Waals surface area (Å²) in [5, 5.41) is 2.70. The number of amides is 1. The van der Waals surface area contributed by atoms with Crippen LogP contribution in [0.15, 0.2) is 59.5 Å². The van der Waals surface area contributed by atoms with Crippen LogP contribution in [0.5, 0.6) is 5.75 Å². The molecule has 1 N–H and O–H groups in total. The summed E-state index contributed by atoms with van der Waals surface area (Å²) in [6.45, 7) is 8.74. The first-order chi connectivity index (χ1) is 23.5. The van der Waals surface area contributed by atoms with Crippen LogP contribution in [0, 0.1) is 19.7 Å². The zero-order valence-corrected chi connectivity index (χ0v) is 28.5. The van der Waals surface area contributed by atoms with Gasteiger partial charge in [-0.15, -0.1) is 0 Å². The van der Waals surface area contributed by atoms with Gasteiger partial charge in [-0.05, 0) is 87.6 Å². The van der Waals surface area contributed by atoms with Crippen molar-refractivity contribution in [2.75, 3.05) is 26.2 Å². The number of carbonyl (C=O) groups is 2. The molecule has 0 unspecified atom stereocenters. The molecule has 0 spiro atoms. The topological polar surface area (TPSA) is 89.9 Å². The molecule has 0 radical (unpaired) electrons. The van der Waals surface area contributed by atoms with Crippen LogP contribution in [0.25, 0.3) is 11.1 Å². The highest BCUT2D eigenvalue weighted by Crippen LogP contribution is 2.39. The van der Waals surface area contributed by atoms with Crippen LogP contribution in [0.3, 0.4) is 0 Å². The first-order valence-electron chi connectivity index (χ1n) is 16.4. The molecule has 50 heavy (non-hydrogen) atoms. The molecular weight excluding hydrogens is 661 g/mol. The first-order valence-corrected chi connectivity index (χ1v) is 16.4. The predicted octanol–water partition coefficient (Wildman–Crippen LogP) is 6.57. The lowest BCUT2D eigenvalue weighted by Gasteiger charge is -2.34. The summed E-state index contributed by atoms with van der Waals surface area (Å²) in [6.07, 6.45) is -2.73. The smallest absolute Gasteiger partial charge is 0.416 e. The molecule has 3 aromatic rings. The molecule has 1 saturated heterocycles. The lowest BCUT2D eigenvalue weighted by Crippen LogP contribution is -2.49. The minimum atomic E-state index is -4.87. The number of rotatable bonds is 7. The van der Waals surface area contributed by atoms with E-state index in [1.54, 1.807) is 50.8 Å². The third-order valence-corrected chi connectivity index (χ3v) is 8.87. The molecule has 2 bridgehead atoms. The Morgan fingerprint density at radius 2 is 1.82 bits per heavy atom. The number of benzene rings is 2. The van der Waals surface area contributed by atoms with Crippen molar-refractivity contribution in [3.63, 3.8) is 0 Å². The molecule has 1 amide bonds. The number of carbonyl (C=O) groups excluding carboxylic acids is 2. The number of halogens is 5. The number of aromatic nitrogens is 1. The minimum Gasteiger partial charge on any atom is -0.483 e. The van der Waals surface area contributed by atoms with Gasteiger partial charge in [-0.3, -0.25) is 23.9 Å². The average molecular weight is 702 g/mol. The largest absolute Gasteiger partial charge is 0.483 e. The Kier molecular flexibility index (Phi) is 10.6. The molecule has 2 aliphatic rings. The second-order valence-electron chi connectivity index (χ2n) is 13.3. The van der Waals surface area contributed by atoms with Crippen LogP contribution in [0.4, 0.5) is 22.0 Å². The summed E-state index contributed by atoms with van der Waals surface area (Å²) < 4.78 is 84.3. The van der Waals surface area contributed by atoms with E-state index < -0.39 is 65.3 Å². The molecule has 2 aromatic carbocycles. The number of hydrogen-bond donors (Lipinski definition) is 1. The zero-order valence-electron chi connectivity index (χ0n) is 28.5. The second kappa shape index (κ2) is 14.4. The number of nitrogens with one attached hydrogen (secondary N) is 1. The van der Waals surface area contributed by atoms with Crippen molar-refractivity contribution in [2.45, 2.75) is 77.5 Å². The molecule has 0 saturated carbocycles. The van der Waals surface area contributed by atoms with Gasteiger partial charge in [0.1, 0.15) is 29.4 Å². The monoisotopic (exact) mass is 701 g/mol. The van der Waals surface area contributed by atoms with Crippen LogP contribution in [0.2, 0.25) is 0 Å². The quantitative estimate of drug-likeness (QED) is 0.171. The van der Waals surface area contributed by atoms with Gasteiger partial charge in [0.05, 0.1) is 24.6 Å². The van der Waals surface area contributed by atoms with E-state index in [-0.39, 0.29) is 49.4 Å². The van der Waals surface area contributed by atoms with Crippen LogP contribution in [0.1, 0.15) is 67.1 Å². The van der Waals surface area contributed by atoms with E-state index in [0.29, 0.717) is 22.9 Å². The number of ether oxygens (including phenoxy) is 2. The first kappa shape index (κ1) is 36.8. The van der Waals surface area contributed by atoms with Crippen molar-refractivity contribution in [3.8, 4) is 16.9 Å². The minimum absolute atomic E-state index is 0.0263. The van der Waals surface area contributed by atoms with Crippen molar-refractivity contribution < 1.29 is 41.0 Å². The lowest BCUT2D eigenvalue weighted by atomic mass is 9.92. The van der Waals surface area contributed by atoms with Gasteiger partial charge in [-0.1, -0.05) is 18.2 Å². The van der Waals surface area contributed by atoms with E-state index in [2.05, 4.69) is 5.32 Å². The molecule has 0 aliphatic carbocycles. The Morgan fingerprint density at radius 3 is 2.48 bits per heavy atom. The molecule has 3 heterocycles. The molecule has 268 valence electrons. The van der Waals surface area contributed by atoms with Gasteiger partial charge in [-0.2, -0.15) is 13.2 Å². The Hall–Kier alpha value is -4.52. The highest BCUT2D eigenvalue weighted by molar-refractivity contribution is 5.84. The molecule has 2 aliphatic heterocycles. The van der Waals surface area contributed by atoms with E-state index in [1.165, 1.54) is 18.2 Å². The van der Waals surface area contributed by atoms with E-state index >= 15 is 4.39 Å². The predicted molar refractivity (Wildman–Crippen MR) is 177 cm³/mol. The lowest BCUT2D eigenvalue weighted by molar-refractivity contribution is -0.144. The van der Waals surface area contributed by atoms with Crippen molar-refractivity contribution in [3.05, 3.63) is 98.7 Å².